The Morgan fingerprint density at radius 2 is 1.89 bits per heavy atom. The standard InChI is InChI=1S/C14H20N2OS/c17-14(12-4-6-13(18)7-5-12)15-8-3-11-16-9-1-2-10-16/h4-7,18H,1-3,8-11H2,(H,15,17). The van der Waals surface area contributed by atoms with Crippen molar-refractivity contribution in [2.45, 2.75) is 24.2 Å². The van der Waals surface area contributed by atoms with Gasteiger partial charge in [0, 0.05) is 17.0 Å². The van der Waals surface area contributed by atoms with E-state index in [1.54, 1.807) is 12.1 Å². The zero-order valence-corrected chi connectivity index (χ0v) is 11.5. The Morgan fingerprint density at radius 3 is 2.56 bits per heavy atom. The van der Waals surface area contributed by atoms with Crippen LogP contribution in [0, 0.1) is 0 Å². The molecule has 1 N–H and O–H groups in total. The second-order valence-electron chi connectivity index (χ2n) is 4.71. The van der Waals surface area contributed by atoms with Crippen molar-refractivity contribution in [3.05, 3.63) is 29.8 Å². The summed E-state index contributed by atoms with van der Waals surface area (Å²) in [5, 5.41) is 2.95. The number of hydrogen-bond acceptors (Lipinski definition) is 3. The number of nitrogens with one attached hydrogen (secondary N) is 1. The SMILES string of the molecule is O=C(NCCCN1CCCC1)c1ccc(S)cc1. The molecule has 1 fully saturated rings. The molecule has 0 saturated carbocycles. The second-order valence-corrected chi connectivity index (χ2v) is 5.22. The van der Waals surface area contributed by atoms with Gasteiger partial charge in [-0.05, 0) is 63.2 Å². The quantitative estimate of drug-likeness (QED) is 0.631. The number of rotatable bonds is 5. The third-order valence-electron chi connectivity index (χ3n) is 3.26. The molecule has 3 nitrogen and oxygen atoms in total. The molecule has 0 bridgehead atoms. The van der Waals surface area contributed by atoms with Crippen LogP contribution in [0.2, 0.25) is 0 Å². The highest BCUT2D eigenvalue weighted by Gasteiger charge is 2.10. The number of hydrogen-bond donors (Lipinski definition) is 2. The molecule has 1 aliphatic rings. The minimum absolute atomic E-state index is 0.00440. The van der Waals surface area contributed by atoms with Gasteiger partial charge in [-0.15, -0.1) is 12.6 Å². The molecule has 1 aromatic carbocycles. The van der Waals surface area contributed by atoms with Crippen molar-refractivity contribution in [1.82, 2.24) is 10.2 Å². The van der Waals surface area contributed by atoms with E-state index < -0.39 is 0 Å². The van der Waals surface area contributed by atoms with E-state index in [0.29, 0.717) is 5.56 Å². The van der Waals surface area contributed by atoms with E-state index in [9.17, 15) is 4.79 Å². The van der Waals surface area contributed by atoms with Gasteiger partial charge in [-0.2, -0.15) is 0 Å². The maximum atomic E-state index is 11.8. The summed E-state index contributed by atoms with van der Waals surface area (Å²) in [4.78, 5) is 15.1. The van der Waals surface area contributed by atoms with Crippen molar-refractivity contribution in [3.63, 3.8) is 0 Å². The molecule has 2 rings (SSSR count). The summed E-state index contributed by atoms with van der Waals surface area (Å²) in [5.41, 5.74) is 0.703. The molecule has 0 aromatic heterocycles. The molecule has 1 heterocycles. The van der Waals surface area contributed by atoms with E-state index in [2.05, 4.69) is 22.8 Å². The first-order chi connectivity index (χ1) is 8.75. The van der Waals surface area contributed by atoms with Crippen LogP contribution in [-0.2, 0) is 0 Å². The summed E-state index contributed by atoms with van der Waals surface area (Å²) < 4.78 is 0. The Hall–Kier alpha value is -1.00. The van der Waals surface area contributed by atoms with Gasteiger partial charge in [0.05, 0.1) is 0 Å². The number of amides is 1. The zero-order chi connectivity index (χ0) is 12.8. The lowest BCUT2D eigenvalue weighted by molar-refractivity contribution is 0.0952. The van der Waals surface area contributed by atoms with Gasteiger partial charge in [0.25, 0.3) is 5.91 Å². The van der Waals surface area contributed by atoms with Gasteiger partial charge in [-0.3, -0.25) is 4.79 Å². The van der Waals surface area contributed by atoms with E-state index >= 15 is 0 Å². The molecule has 0 spiro atoms. The number of benzene rings is 1. The van der Waals surface area contributed by atoms with Crippen molar-refractivity contribution < 1.29 is 4.79 Å². The Morgan fingerprint density at radius 1 is 1.22 bits per heavy atom. The first-order valence-corrected chi connectivity index (χ1v) is 7.00. The summed E-state index contributed by atoms with van der Waals surface area (Å²) in [6.45, 7) is 4.28. The largest absolute Gasteiger partial charge is 0.352 e. The Balaban J connectivity index is 1.66. The smallest absolute Gasteiger partial charge is 0.251 e. The molecular weight excluding hydrogens is 244 g/mol. The van der Waals surface area contributed by atoms with Crippen LogP contribution in [0.25, 0.3) is 0 Å². The summed E-state index contributed by atoms with van der Waals surface area (Å²) in [5.74, 6) is 0.00440. The average Bonchev–Trinajstić information content (AvgIpc) is 2.88. The van der Waals surface area contributed by atoms with Crippen molar-refractivity contribution >= 4 is 18.5 Å². The number of thiol groups is 1. The molecule has 0 radical (unpaired) electrons. The fourth-order valence-electron chi connectivity index (χ4n) is 2.23. The van der Waals surface area contributed by atoms with Gasteiger partial charge in [0.2, 0.25) is 0 Å². The number of carbonyl (C=O) groups is 1. The van der Waals surface area contributed by atoms with E-state index in [4.69, 9.17) is 0 Å². The summed E-state index contributed by atoms with van der Waals surface area (Å²) in [7, 11) is 0. The van der Waals surface area contributed by atoms with Gasteiger partial charge in [-0.1, -0.05) is 0 Å². The minimum atomic E-state index is 0.00440. The highest BCUT2D eigenvalue weighted by atomic mass is 32.1. The second kappa shape index (κ2) is 6.81. The van der Waals surface area contributed by atoms with E-state index in [1.165, 1.54) is 25.9 Å². The molecule has 0 unspecified atom stereocenters. The van der Waals surface area contributed by atoms with E-state index in [-0.39, 0.29) is 5.91 Å². The third kappa shape index (κ3) is 4.03. The van der Waals surface area contributed by atoms with Crippen LogP contribution < -0.4 is 5.32 Å². The molecule has 0 atom stereocenters. The van der Waals surface area contributed by atoms with Gasteiger partial charge >= 0.3 is 0 Å². The molecular formula is C14H20N2OS. The van der Waals surface area contributed by atoms with Gasteiger partial charge in [-0.25, -0.2) is 0 Å². The van der Waals surface area contributed by atoms with E-state index in [1.807, 2.05) is 12.1 Å². The summed E-state index contributed by atoms with van der Waals surface area (Å²) in [6.07, 6.45) is 3.67. The summed E-state index contributed by atoms with van der Waals surface area (Å²) in [6, 6.07) is 7.28. The molecule has 4 heteroatoms. The predicted molar refractivity (Wildman–Crippen MR) is 76.3 cm³/mol. The maximum Gasteiger partial charge on any atom is 0.251 e. The van der Waals surface area contributed by atoms with Crippen LogP contribution in [0.3, 0.4) is 0 Å². The van der Waals surface area contributed by atoms with Crippen LogP contribution in [0.4, 0.5) is 0 Å². The normalized spacial score (nSPS) is 15.8. The van der Waals surface area contributed by atoms with Crippen LogP contribution in [-0.4, -0.2) is 37.0 Å². The fourth-order valence-corrected chi connectivity index (χ4v) is 2.37. The Bertz CT molecular complexity index is 385. The van der Waals surface area contributed by atoms with E-state index in [0.717, 1.165) is 24.4 Å². The highest BCUT2D eigenvalue weighted by molar-refractivity contribution is 7.80. The van der Waals surface area contributed by atoms with Crippen LogP contribution in [0.1, 0.15) is 29.6 Å². The molecule has 1 aliphatic heterocycles. The molecule has 18 heavy (non-hydrogen) atoms. The molecule has 98 valence electrons. The monoisotopic (exact) mass is 264 g/mol. The lowest BCUT2D eigenvalue weighted by Gasteiger charge is -2.14. The Labute approximate surface area is 114 Å². The third-order valence-corrected chi connectivity index (χ3v) is 3.56. The fraction of sp³-hybridized carbons (Fsp3) is 0.500. The number of nitrogens with zero attached hydrogens (tertiary/aromatic N) is 1. The van der Waals surface area contributed by atoms with Crippen molar-refractivity contribution in [1.29, 1.82) is 0 Å². The first-order valence-electron chi connectivity index (χ1n) is 6.55. The molecule has 0 aliphatic carbocycles. The topological polar surface area (TPSA) is 32.3 Å². The molecule has 1 amide bonds. The van der Waals surface area contributed by atoms with Crippen LogP contribution in [0.15, 0.2) is 29.2 Å². The van der Waals surface area contributed by atoms with Crippen LogP contribution >= 0.6 is 12.6 Å². The Kier molecular flexibility index (Phi) is 5.08. The van der Waals surface area contributed by atoms with Crippen molar-refractivity contribution in [2.24, 2.45) is 0 Å². The van der Waals surface area contributed by atoms with Gasteiger partial charge < -0.3 is 10.2 Å². The van der Waals surface area contributed by atoms with Crippen molar-refractivity contribution in [2.75, 3.05) is 26.2 Å². The number of likely N-dealkylation sites (tertiary alicyclic amines) is 1. The zero-order valence-electron chi connectivity index (χ0n) is 10.6. The number of carbonyl (C=O) groups excluding carboxylic acids is 1. The molecule has 1 saturated heterocycles. The lowest BCUT2D eigenvalue weighted by Crippen LogP contribution is -2.28. The molecule has 1 aromatic rings. The van der Waals surface area contributed by atoms with Gasteiger partial charge in [0.15, 0.2) is 0 Å². The van der Waals surface area contributed by atoms with Gasteiger partial charge in [0.1, 0.15) is 0 Å². The highest BCUT2D eigenvalue weighted by Crippen LogP contribution is 2.08. The average molecular weight is 264 g/mol. The minimum Gasteiger partial charge on any atom is -0.352 e. The lowest BCUT2D eigenvalue weighted by atomic mass is 10.2. The van der Waals surface area contributed by atoms with Crippen LogP contribution in [0.5, 0.6) is 0 Å². The maximum absolute atomic E-state index is 11.8. The predicted octanol–water partition coefficient (Wildman–Crippen LogP) is 2.19. The summed E-state index contributed by atoms with van der Waals surface area (Å²) >= 11 is 4.20. The van der Waals surface area contributed by atoms with Crippen molar-refractivity contribution in [3.8, 4) is 0 Å². The first kappa shape index (κ1) is 13.4.